The fourth-order valence-electron chi connectivity index (χ4n) is 2.42. The van der Waals surface area contributed by atoms with E-state index >= 15 is 0 Å². The molecule has 2 aromatic rings. The second-order valence-electron chi connectivity index (χ2n) is 5.89. The highest BCUT2D eigenvalue weighted by atomic mass is 16.5. The molecule has 0 heterocycles. The van der Waals surface area contributed by atoms with E-state index in [0.717, 1.165) is 0 Å². The van der Waals surface area contributed by atoms with Crippen LogP contribution < -0.4 is 21.1 Å². The first-order valence-corrected chi connectivity index (χ1v) is 8.72. The lowest BCUT2D eigenvalue weighted by molar-refractivity contribution is -0.148. The van der Waals surface area contributed by atoms with Gasteiger partial charge in [-0.2, -0.15) is 0 Å². The van der Waals surface area contributed by atoms with E-state index in [9.17, 15) is 14.4 Å². The maximum absolute atomic E-state index is 12.1. The normalized spacial score (nSPS) is 10.9. The van der Waals surface area contributed by atoms with Crippen LogP contribution in [0, 0.1) is 12.3 Å². The van der Waals surface area contributed by atoms with Crippen molar-refractivity contribution in [2.24, 2.45) is 5.73 Å². The topological polar surface area (TPSA) is 120 Å². The van der Waals surface area contributed by atoms with Gasteiger partial charge in [-0.05, 0) is 29.8 Å². The molecule has 29 heavy (non-hydrogen) atoms. The molecule has 0 unspecified atom stereocenters. The number of carbonyl (C=O) groups excluding carboxylic acids is 3. The molecule has 150 valence electrons. The van der Waals surface area contributed by atoms with Crippen LogP contribution in [0.1, 0.15) is 18.0 Å². The highest BCUT2D eigenvalue weighted by Gasteiger charge is 2.20. The Balaban J connectivity index is 2.04. The quantitative estimate of drug-likeness (QED) is 0.442. The minimum atomic E-state index is -0.802. The van der Waals surface area contributed by atoms with Crippen LogP contribution in [-0.2, 0) is 14.3 Å². The summed E-state index contributed by atoms with van der Waals surface area (Å²) in [7, 11) is 0. The predicted molar refractivity (Wildman–Crippen MR) is 106 cm³/mol. The Morgan fingerprint density at radius 2 is 1.79 bits per heavy atom. The van der Waals surface area contributed by atoms with Crippen LogP contribution >= 0.6 is 0 Å². The number of urea groups is 1. The summed E-state index contributed by atoms with van der Waals surface area (Å²) in [6.45, 7) is -0.433. The number of hydrogen-bond acceptors (Lipinski definition) is 5. The van der Waals surface area contributed by atoms with Gasteiger partial charge in [-0.15, -0.1) is 6.42 Å². The molecule has 0 radical (unpaired) electrons. The van der Waals surface area contributed by atoms with E-state index in [1.165, 1.54) is 0 Å². The van der Waals surface area contributed by atoms with E-state index in [1.807, 2.05) is 18.2 Å². The van der Waals surface area contributed by atoms with Crippen LogP contribution in [0.4, 0.5) is 4.79 Å². The highest BCUT2D eigenvalue weighted by Crippen LogP contribution is 2.26. The molecule has 0 aromatic heterocycles. The van der Waals surface area contributed by atoms with Gasteiger partial charge >= 0.3 is 12.0 Å². The fourth-order valence-corrected chi connectivity index (χ4v) is 2.42. The Bertz CT molecular complexity index is 893. The summed E-state index contributed by atoms with van der Waals surface area (Å²) in [5.74, 6) is 2.19. The first kappa shape index (κ1) is 21.3. The van der Waals surface area contributed by atoms with Crippen molar-refractivity contribution in [3.8, 4) is 23.8 Å². The number of nitrogens with one attached hydrogen (secondary N) is 2. The van der Waals surface area contributed by atoms with E-state index in [4.69, 9.17) is 21.6 Å². The zero-order valence-corrected chi connectivity index (χ0v) is 15.6. The van der Waals surface area contributed by atoms with Gasteiger partial charge in [0, 0.05) is 0 Å². The molecular formula is C21H21N3O5. The van der Waals surface area contributed by atoms with Gasteiger partial charge < -0.3 is 25.8 Å². The Kier molecular flexibility index (Phi) is 8.08. The van der Waals surface area contributed by atoms with Crippen LogP contribution in [-0.4, -0.2) is 31.1 Å². The van der Waals surface area contributed by atoms with Crippen LogP contribution in [0.3, 0.4) is 0 Å². The monoisotopic (exact) mass is 395 g/mol. The second kappa shape index (κ2) is 11.0. The van der Waals surface area contributed by atoms with Crippen molar-refractivity contribution < 1.29 is 23.9 Å². The highest BCUT2D eigenvalue weighted by molar-refractivity contribution is 5.81. The van der Waals surface area contributed by atoms with Gasteiger partial charge in [0.25, 0.3) is 5.91 Å². The number of para-hydroxylation sites is 1. The van der Waals surface area contributed by atoms with E-state index in [0.29, 0.717) is 17.1 Å². The molecule has 1 atom stereocenters. The van der Waals surface area contributed by atoms with E-state index < -0.39 is 30.6 Å². The Morgan fingerprint density at radius 3 is 2.48 bits per heavy atom. The van der Waals surface area contributed by atoms with Gasteiger partial charge in [-0.3, -0.25) is 9.59 Å². The van der Waals surface area contributed by atoms with Gasteiger partial charge in [0.2, 0.25) is 0 Å². The van der Waals surface area contributed by atoms with Crippen LogP contribution in [0.5, 0.6) is 11.5 Å². The molecule has 8 nitrogen and oxygen atoms in total. The van der Waals surface area contributed by atoms with Crippen molar-refractivity contribution in [1.82, 2.24) is 10.6 Å². The minimum absolute atomic E-state index is 0.0381. The summed E-state index contributed by atoms with van der Waals surface area (Å²) < 4.78 is 10.7. The summed E-state index contributed by atoms with van der Waals surface area (Å²) in [6.07, 6.45) is 4.81. The van der Waals surface area contributed by atoms with Crippen LogP contribution in [0.2, 0.25) is 0 Å². The van der Waals surface area contributed by atoms with Crippen molar-refractivity contribution >= 4 is 17.9 Å². The van der Waals surface area contributed by atoms with Gasteiger partial charge in [-0.1, -0.05) is 36.3 Å². The standard InChI is InChI=1S/C21H21N3O5/c1-2-11-23-19(25)14-28-20(26)13-18(24-21(22)27)15-7-6-10-17(12-15)29-16-8-4-3-5-9-16/h1,3-10,12,18H,11,13-14H2,(H,23,25)(H3,22,24,27)/t18-/m0/s1. The third kappa shape index (κ3) is 7.64. The molecule has 0 saturated carbocycles. The summed E-state index contributed by atoms with van der Waals surface area (Å²) in [5.41, 5.74) is 5.82. The number of rotatable bonds is 9. The number of hydrogen-bond donors (Lipinski definition) is 3. The van der Waals surface area contributed by atoms with Gasteiger partial charge in [0.1, 0.15) is 11.5 Å². The van der Waals surface area contributed by atoms with Crippen molar-refractivity contribution in [3.05, 3.63) is 60.2 Å². The molecule has 0 spiro atoms. The molecular weight excluding hydrogens is 374 g/mol. The number of carbonyl (C=O) groups is 3. The lowest BCUT2D eigenvalue weighted by Crippen LogP contribution is -2.35. The third-order valence-electron chi connectivity index (χ3n) is 3.68. The summed E-state index contributed by atoms with van der Waals surface area (Å²) >= 11 is 0. The van der Waals surface area contributed by atoms with Crippen molar-refractivity contribution in [1.29, 1.82) is 0 Å². The summed E-state index contributed by atoms with van der Waals surface area (Å²) in [4.78, 5) is 34.9. The molecule has 0 fully saturated rings. The Hall–Kier alpha value is -3.99. The van der Waals surface area contributed by atoms with E-state index in [2.05, 4.69) is 16.6 Å². The Morgan fingerprint density at radius 1 is 1.07 bits per heavy atom. The smallest absolute Gasteiger partial charge is 0.312 e. The number of nitrogens with two attached hydrogens (primary N) is 1. The van der Waals surface area contributed by atoms with Gasteiger partial charge in [0.05, 0.1) is 19.0 Å². The zero-order valence-electron chi connectivity index (χ0n) is 15.6. The SMILES string of the molecule is C#CCNC(=O)COC(=O)C[C@H](NC(N)=O)c1cccc(Oc2ccccc2)c1. The molecule has 0 aliphatic rings. The maximum atomic E-state index is 12.1. The van der Waals surface area contributed by atoms with Crippen molar-refractivity contribution in [2.75, 3.05) is 13.2 Å². The predicted octanol–water partition coefficient (Wildman–Crippen LogP) is 1.87. The average Bonchev–Trinajstić information content (AvgIpc) is 2.71. The lowest BCUT2D eigenvalue weighted by Gasteiger charge is -2.18. The van der Waals surface area contributed by atoms with Crippen molar-refractivity contribution in [2.45, 2.75) is 12.5 Å². The van der Waals surface area contributed by atoms with Crippen molar-refractivity contribution in [3.63, 3.8) is 0 Å². The van der Waals surface area contributed by atoms with Gasteiger partial charge in [0.15, 0.2) is 6.61 Å². The summed E-state index contributed by atoms with van der Waals surface area (Å²) in [6, 6.07) is 14.5. The molecule has 4 N–H and O–H groups in total. The first-order chi connectivity index (χ1) is 14.0. The van der Waals surface area contributed by atoms with E-state index in [1.54, 1.807) is 36.4 Å². The Labute approximate surface area is 168 Å². The number of ether oxygens (including phenoxy) is 2. The largest absolute Gasteiger partial charge is 0.457 e. The third-order valence-corrected chi connectivity index (χ3v) is 3.68. The molecule has 0 aliphatic carbocycles. The van der Waals surface area contributed by atoms with Crippen LogP contribution in [0.25, 0.3) is 0 Å². The molecule has 0 saturated heterocycles. The average molecular weight is 395 g/mol. The molecule has 8 heteroatoms. The number of esters is 1. The van der Waals surface area contributed by atoms with Gasteiger partial charge in [-0.25, -0.2) is 4.79 Å². The number of amides is 3. The number of terminal acetylenes is 1. The second-order valence-corrected chi connectivity index (χ2v) is 5.89. The minimum Gasteiger partial charge on any atom is -0.457 e. The number of primary amides is 1. The molecule has 2 rings (SSSR count). The maximum Gasteiger partial charge on any atom is 0.312 e. The molecule has 3 amide bonds. The molecule has 0 aliphatic heterocycles. The molecule has 2 aromatic carbocycles. The lowest BCUT2D eigenvalue weighted by atomic mass is 10.0. The zero-order chi connectivity index (χ0) is 21.1. The fraction of sp³-hybridized carbons (Fsp3) is 0.190. The van der Waals surface area contributed by atoms with E-state index in [-0.39, 0.29) is 13.0 Å². The first-order valence-electron chi connectivity index (χ1n) is 8.72. The summed E-state index contributed by atoms with van der Waals surface area (Å²) in [5, 5.41) is 4.87. The van der Waals surface area contributed by atoms with Crippen LogP contribution in [0.15, 0.2) is 54.6 Å². The molecule has 0 bridgehead atoms. The number of benzene rings is 2.